The molecule has 2 rings (SSSR count). The number of benzene rings is 1. The number of piperazine rings is 1. The summed E-state index contributed by atoms with van der Waals surface area (Å²) in [7, 11) is 0. The fraction of sp³-hybridized carbons (Fsp3) is 0.625. The molecule has 20 heavy (non-hydrogen) atoms. The van der Waals surface area contributed by atoms with Crippen molar-refractivity contribution in [1.29, 1.82) is 0 Å². The van der Waals surface area contributed by atoms with Crippen molar-refractivity contribution in [2.45, 2.75) is 39.8 Å². The second-order valence-corrected chi connectivity index (χ2v) is 5.80. The van der Waals surface area contributed by atoms with Gasteiger partial charge in [-0.15, -0.1) is 12.4 Å². The highest BCUT2D eigenvalue weighted by Crippen LogP contribution is 2.22. The topological polar surface area (TPSA) is 24.5 Å². The van der Waals surface area contributed by atoms with Gasteiger partial charge in [0.05, 0.1) is 0 Å². The first-order chi connectivity index (χ1) is 9.06. The van der Waals surface area contributed by atoms with Crippen LogP contribution < -0.4 is 10.1 Å². The maximum atomic E-state index is 5.98. The largest absolute Gasteiger partial charge is 0.492 e. The molecular formula is C16H27ClN2O. The van der Waals surface area contributed by atoms with Gasteiger partial charge >= 0.3 is 0 Å². The van der Waals surface area contributed by atoms with Gasteiger partial charge in [0.25, 0.3) is 0 Å². The maximum Gasteiger partial charge on any atom is 0.125 e. The van der Waals surface area contributed by atoms with Crippen molar-refractivity contribution in [3.05, 3.63) is 29.3 Å². The minimum Gasteiger partial charge on any atom is -0.492 e. The molecule has 0 amide bonds. The smallest absolute Gasteiger partial charge is 0.125 e. The van der Waals surface area contributed by atoms with E-state index in [1.807, 2.05) is 0 Å². The van der Waals surface area contributed by atoms with Crippen molar-refractivity contribution in [1.82, 2.24) is 10.2 Å². The van der Waals surface area contributed by atoms with Gasteiger partial charge in [-0.1, -0.05) is 18.2 Å². The molecule has 3 nitrogen and oxygen atoms in total. The van der Waals surface area contributed by atoms with E-state index < -0.39 is 0 Å². The lowest BCUT2D eigenvalue weighted by atomic mass is 10.1. The molecule has 2 unspecified atom stereocenters. The van der Waals surface area contributed by atoms with Crippen molar-refractivity contribution in [3.8, 4) is 5.75 Å². The molecule has 1 saturated heterocycles. The second-order valence-electron chi connectivity index (χ2n) is 5.80. The van der Waals surface area contributed by atoms with Crippen LogP contribution in [0.5, 0.6) is 5.75 Å². The van der Waals surface area contributed by atoms with E-state index in [0.29, 0.717) is 12.1 Å². The molecule has 1 N–H and O–H groups in total. The molecule has 1 aromatic rings. The molecule has 2 atom stereocenters. The highest BCUT2D eigenvalue weighted by molar-refractivity contribution is 5.85. The molecule has 1 heterocycles. The zero-order valence-corrected chi connectivity index (χ0v) is 13.8. The molecule has 0 spiro atoms. The molecular weight excluding hydrogens is 272 g/mol. The van der Waals surface area contributed by atoms with E-state index >= 15 is 0 Å². The maximum absolute atomic E-state index is 5.98. The Morgan fingerprint density at radius 1 is 1.15 bits per heavy atom. The monoisotopic (exact) mass is 298 g/mol. The quantitative estimate of drug-likeness (QED) is 0.925. The van der Waals surface area contributed by atoms with Gasteiger partial charge in [0.1, 0.15) is 12.4 Å². The first-order valence-electron chi connectivity index (χ1n) is 7.23. The summed E-state index contributed by atoms with van der Waals surface area (Å²) in [6.07, 6.45) is 0. The number of rotatable bonds is 4. The number of nitrogens with one attached hydrogen (secondary N) is 1. The molecule has 0 aromatic heterocycles. The summed E-state index contributed by atoms with van der Waals surface area (Å²) in [5.41, 5.74) is 2.45. The SMILES string of the molecule is Cc1cccc(C)c1OCCN1CC(C)NC(C)C1.Cl. The summed E-state index contributed by atoms with van der Waals surface area (Å²) in [6.45, 7) is 12.7. The fourth-order valence-electron chi connectivity index (χ4n) is 2.93. The molecule has 1 aliphatic heterocycles. The Bertz CT molecular complexity index is 395. The average molecular weight is 299 g/mol. The Kier molecular flexibility index (Phi) is 6.80. The van der Waals surface area contributed by atoms with Crippen LogP contribution in [-0.2, 0) is 0 Å². The van der Waals surface area contributed by atoms with Gasteiger partial charge in [0, 0.05) is 31.7 Å². The predicted octanol–water partition coefficient (Wildman–Crippen LogP) is 2.79. The lowest BCUT2D eigenvalue weighted by Gasteiger charge is -2.36. The Hall–Kier alpha value is -0.770. The molecule has 1 fully saturated rings. The van der Waals surface area contributed by atoms with E-state index in [1.54, 1.807) is 0 Å². The van der Waals surface area contributed by atoms with Gasteiger partial charge < -0.3 is 10.1 Å². The summed E-state index contributed by atoms with van der Waals surface area (Å²) in [6, 6.07) is 7.44. The van der Waals surface area contributed by atoms with E-state index in [1.165, 1.54) is 11.1 Å². The van der Waals surface area contributed by atoms with Crippen molar-refractivity contribution >= 4 is 12.4 Å². The van der Waals surface area contributed by atoms with Crippen molar-refractivity contribution in [2.24, 2.45) is 0 Å². The first kappa shape index (κ1) is 17.3. The molecule has 1 aliphatic rings. The van der Waals surface area contributed by atoms with E-state index in [-0.39, 0.29) is 12.4 Å². The van der Waals surface area contributed by atoms with Crippen molar-refractivity contribution in [2.75, 3.05) is 26.2 Å². The van der Waals surface area contributed by atoms with Crippen molar-refractivity contribution < 1.29 is 4.74 Å². The number of ether oxygens (including phenoxy) is 1. The van der Waals surface area contributed by atoms with Gasteiger partial charge in [-0.05, 0) is 38.8 Å². The summed E-state index contributed by atoms with van der Waals surface area (Å²) in [5, 5.41) is 3.55. The second kappa shape index (κ2) is 7.87. The minimum absolute atomic E-state index is 0. The third-order valence-electron chi connectivity index (χ3n) is 3.70. The zero-order valence-electron chi connectivity index (χ0n) is 13.0. The van der Waals surface area contributed by atoms with Gasteiger partial charge in [0.2, 0.25) is 0 Å². The van der Waals surface area contributed by atoms with Crippen LogP contribution in [0.25, 0.3) is 0 Å². The van der Waals surface area contributed by atoms with Crippen LogP contribution in [0.1, 0.15) is 25.0 Å². The zero-order chi connectivity index (χ0) is 13.8. The molecule has 4 heteroatoms. The average Bonchev–Trinajstić information content (AvgIpc) is 2.32. The Labute approximate surface area is 129 Å². The number of para-hydroxylation sites is 1. The number of nitrogens with zero attached hydrogens (tertiary/aromatic N) is 1. The molecule has 0 aliphatic carbocycles. The van der Waals surface area contributed by atoms with E-state index in [2.05, 4.69) is 56.1 Å². The highest BCUT2D eigenvalue weighted by Gasteiger charge is 2.20. The summed E-state index contributed by atoms with van der Waals surface area (Å²) < 4.78 is 5.98. The van der Waals surface area contributed by atoms with E-state index in [4.69, 9.17) is 4.74 Å². The molecule has 114 valence electrons. The normalized spacial score (nSPS) is 23.2. The standard InChI is InChI=1S/C16H26N2O.ClH/c1-12-6-5-7-13(2)16(12)19-9-8-18-10-14(3)17-15(4)11-18;/h5-7,14-15,17H,8-11H2,1-4H3;1H. The van der Waals surface area contributed by atoms with Gasteiger partial charge in [-0.2, -0.15) is 0 Å². The Morgan fingerprint density at radius 3 is 2.25 bits per heavy atom. The van der Waals surface area contributed by atoms with Crippen LogP contribution in [0.15, 0.2) is 18.2 Å². The van der Waals surface area contributed by atoms with Crippen LogP contribution in [0, 0.1) is 13.8 Å². The van der Waals surface area contributed by atoms with Gasteiger partial charge in [-0.25, -0.2) is 0 Å². The van der Waals surface area contributed by atoms with E-state index in [9.17, 15) is 0 Å². The summed E-state index contributed by atoms with van der Waals surface area (Å²) >= 11 is 0. The lowest BCUT2D eigenvalue weighted by Crippen LogP contribution is -2.54. The molecule has 0 saturated carbocycles. The van der Waals surface area contributed by atoms with Gasteiger partial charge in [0.15, 0.2) is 0 Å². The molecule has 0 radical (unpaired) electrons. The summed E-state index contributed by atoms with van der Waals surface area (Å²) in [5.74, 6) is 1.05. The lowest BCUT2D eigenvalue weighted by molar-refractivity contribution is 0.146. The van der Waals surface area contributed by atoms with Crippen LogP contribution in [-0.4, -0.2) is 43.2 Å². The first-order valence-corrected chi connectivity index (χ1v) is 7.23. The number of hydrogen-bond acceptors (Lipinski definition) is 3. The minimum atomic E-state index is 0. The number of aryl methyl sites for hydroxylation is 2. The molecule has 0 bridgehead atoms. The summed E-state index contributed by atoms with van der Waals surface area (Å²) in [4.78, 5) is 2.49. The van der Waals surface area contributed by atoms with Crippen LogP contribution in [0.4, 0.5) is 0 Å². The van der Waals surface area contributed by atoms with E-state index in [0.717, 1.165) is 32.0 Å². The highest BCUT2D eigenvalue weighted by atomic mass is 35.5. The van der Waals surface area contributed by atoms with Crippen molar-refractivity contribution in [3.63, 3.8) is 0 Å². The molecule has 1 aromatic carbocycles. The number of hydrogen-bond donors (Lipinski definition) is 1. The third-order valence-corrected chi connectivity index (χ3v) is 3.70. The van der Waals surface area contributed by atoms with Crippen LogP contribution in [0.2, 0.25) is 0 Å². The third kappa shape index (κ3) is 4.65. The fourth-order valence-corrected chi connectivity index (χ4v) is 2.93. The van der Waals surface area contributed by atoms with Crippen LogP contribution in [0.3, 0.4) is 0 Å². The Balaban J connectivity index is 0.00000200. The predicted molar refractivity (Wildman–Crippen MR) is 87.2 cm³/mol. The Morgan fingerprint density at radius 2 is 1.70 bits per heavy atom. The van der Waals surface area contributed by atoms with Gasteiger partial charge in [-0.3, -0.25) is 4.90 Å². The number of halogens is 1. The van der Waals surface area contributed by atoms with Crippen LogP contribution >= 0.6 is 12.4 Å².